The van der Waals surface area contributed by atoms with Crippen molar-refractivity contribution in [2.75, 3.05) is 13.2 Å². The maximum Gasteiger partial charge on any atom is 0.0476 e. The molecule has 1 aromatic carbocycles. The first kappa shape index (κ1) is 13.2. The average Bonchev–Trinajstić information content (AvgIpc) is 2.78. The number of halogens is 1. The lowest BCUT2D eigenvalue weighted by Crippen LogP contribution is -2.26. The van der Waals surface area contributed by atoms with Crippen LogP contribution < -0.4 is 5.32 Å². The van der Waals surface area contributed by atoms with Crippen molar-refractivity contribution in [3.63, 3.8) is 0 Å². The van der Waals surface area contributed by atoms with Crippen molar-refractivity contribution in [3.8, 4) is 0 Å². The predicted octanol–water partition coefficient (Wildman–Crippen LogP) is 3.28. The maximum absolute atomic E-state index is 8.88. The lowest BCUT2D eigenvalue weighted by Gasteiger charge is -2.23. The van der Waals surface area contributed by atoms with E-state index in [4.69, 9.17) is 5.11 Å². The number of aryl methyl sites for hydroxylation is 1. The normalized spacial score (nSPS) is 18.7. The molecule has 3 N–H and O–H groups in total. The van der Waals surface area contributed by atoms with Crippen molar-refractivity contribution in [3.05, 3.63) is 33.9 Å². The fraction of sp³-hybridized carbons (Fsp3) is 0.467. The van der Waals surface area contributed by atoms with Gasteiger partial charge in [0.15, 0.2) is 0 Å². The molecule has 1 aliphatic rings. The van der Waals surface area contributed by atoms with Crippen molar-refractivity contribution in [2.45, 2.75) is 31.7 Å². The lowest BCUT2D eigenvalue weighted by molar-refractivity contribution is 0.281. The number of nitrogens with one attached hydrogen (secondary N) is 2. The van der Waals surface area contributed by atoms with E-state index < -0.39 is 0 Å². The molecule has 0 radical (unpaired) electrons. The number of hydrogen-bond acceptors (Lipinski definition) is 2. The zero-order chi connectivity index (χ0) is 13.2. The summed E-state index contributed by atoms with van der Waals surface area (Å²) >= 11 is 3.55. The summed E-state index contributed by atoms with van der Waals surface area (Å²) in [5.41, 5.74) is 4.03. The summed E-state index contributed by atoms with van der Waals surface area (Å²) in [4.78, 5) is 3.57. The monoisotopic (exact) mass is 322 g/mol. The third kappa shape index (κ3) is 2.57. The third-order valence-corrected chi connectivity index (χ3v) is 4.39. The summed E-state index contributed by atoms with van der Waals surface area (Å²) in [6.07, 6.45) is 4.37. The van der Waals surface area contributed by atoms with E-state index in [1.807, 2.05) is 0 Å². The van der Waals surface area contributed by atoms with Crippen LogP contribution in [0.25, 0.3) is 10.9 Å². The van der Waals surface area contributed by atoms with Gasteiger partial charge in [-0.1, -0.05) is 15.9 Å². The van der Waals surface area contributed by atoms with E-state index >= 15 is 0 Å². The molecule has 0 aliphatic heterocycles. The van der Waals surface area contributed by atoms with Gasteiger partial charge in [-0.2, -0.15) is 0 Å². The Morgan fingerprint density at radius 1 is 1.42 bits per heavy atom. The molecular formula is C15H19BrN2O. The van der Waals surface area contributed by atoms with Gasteiger partial charge in [0.05, 0.1) is 0 Å². The molecule has 0 bridgehead atoms. The van der Waals surface area contributed by atoms with Crippen LogP contribution in [0.4, 0.5) is 0 Å². The van der Waals surface area contributed by atoms with E-state index in [0.29, 0.717) is 6.04 Å². The molecule has 0 amide bonds. The van der Waals surface area contributed by atoms with Crippen LogP contribution in [0.5, 0.6) is 0 Å². The van der Waals surface area contributed by atoms with Gasteiger partial charge >= 0.3 is 0 Å². The van der Waals surface area contributed by atoms with Crippen LogP contribution >= 0.6 is 15.9 Å². The van der Waals surface area contributed by atoms with E-state index in [2.05, 4.69) is 44.4 Å². The predicted molar refractivity (Wildman–Crippen MR) is 81.4 cm³/mol. The molecule has 19 heavy (non-hydrogen) atoms. The molecule has 2 aromatic rings. The SMILES string of the molecule is OCCCNC1CCCc2c1[nH]c1ccc(Br)cc21. The second kappa shape index (κ2) is 5.65. The molecule has 0 fully saturated rings. The minimum absolute atomic E-state index is 0.256. The van der Waals surface area contributed by atoms with Gasteiger partial charge in [-0.25, -0.2) is 0 Å². The number of aromatic amines is 1. The van der Waals surface area contributed by atoms with Crippen LogP contribution in [0.2, 0.25) is 0 Å². The fourth-order valence-electron chi connectivity index (χ4n) is 2.99. The topological polar surface area (TPSA) is 48.0 Å². The summed E-state index contributed by atoms with van der Waals surface area (Å²) in [6.45, 7) is 1.13. The molecule has 1 aliphatic carbocycles. The Hall–Kier alpha value is -0.840. The second-order valence-corrected chi connectivity index (χ2v) is 6.10. The molecule has 1 atom stereocenters. The first-order valence-electron chi connectivity index (χ1n) is 6.94. The molecule has 0 spiro atoms. The molecule has 1 heterocycles. The van der Waals surface area contributed by atoms with Crippen molar-refractivity contribution >= 4 is 26.8 Å². The molecular weight excluding hydrogens is 304 g/mol. The highest BCUT2D eigenvalue weighted by Crippen LogP contribution is 2.35. The van der Waals surface area contributed by atoms with E-state index in [0.717, 1.165) is 23.9 Å². The average molecular weight is 323 g/mol. The van der Waals surface area contributed by atoms with Crippen LogP contribution in [0.3, 0.4) is 0 Å². The Balaban J connectivity index is 1.93. The van der Waals surface area contributed by atoms with E-state index in [1.54, 1.807) is 0 Å². The smallest absolute Gasteiger partial charge is 0.0476 e. The Morgan fingerprint density at radius 2 is 2.32 bits per heavy atom. The molecule has 1 aromatic heterocycles. The van der Waals surface area contributed by atoms with Gasteiger partial charge in [-0.15, -0.1) is 0 Å². The van der Waals surface area contributed by atoms with Crippen molar-refractivity contribution in [1.82, 2.24) is 10.3 Å². The van der Waals surface area contributed by atoms with E-state index in [-0.39, 0.29) is 6.61 Å². The van der Waals surface area contributed by atoms with Crippen LogP contribution in [0, 0.1) is 0 Å². The van der Waals surface area contributed by atoms with Crippen LogP contribution in [0.15, 0.2) is 22.7 Å². The number of hydrogen-bond donors (Lipinski definition) is 3. The fourth-order valence-corrected chi connectivity index (χ4v) is 3.36. The van der Waals surface area contributed by atoms with Crippen molar-refractivity contribution in [2.24, 2.45) is 0 Å². The Morgan fingerprint density at radius 3 is 3.16 bits per heavy atom. The number of aromatic nitrogens is 1. The van der Waals surface area contributed by atoms with E-state index in [9.17, 15) is 0 Å². The Labute approximate surface area is 121 Å². The summed E-state index contributed by atoms with van der Waals surface area (Å²) in [5, 5.41) is 13.8. The molecule has 0 saturated carbocycles. The first-order chi connectivity index (χ1) is 9.29. The van der Waals surface area contributed by atoms with Gasteiger partial charge in [-0.05, 0) is 56.0 Å². The molecule has 4 heteroatoms. The standard InChI is InChI=1S/C15H19BrN2O/c16-10-5-6-13-12(9-10)11-3-1-4-14(15(11)18-13)17-7-2-8-19/h5-6,9,14,17-19H,1-4,7-8H2. The molecule has 3 nitrogen and oxygen atoms in total. The largest absolute Gasteiger partial charge is 0.396 e. The zero-order valence-corrected chi connectivity index (χ0v) is 12.5. The van der Waals surface area contributed by atoms with Gasteiger partial charge in [0, 0.05) is 33.7 Å². The van der Waals surface area contributed by atoms with Crippen molar-refractivity contribution in [1.29, 1.82) is 0 Å². The molecule has 3 rings (SSSR count). The minimum Gasteiger partial charge on any atom is -0.396 e. The minimum atomic E-state index is 0.256. The summed E-state index contributed by atoms with van der Waals surface area (Å²) in [6, 6.07) is 6.84. The summed E-state index contributed by atoms with van der Waals surface area (Å²) in [5.74, 6) is 0. The third-order valence-electron chi connectivity index (χ3n) is 3.89. The van der Waals surface area contributed by atoms with Crippen LogP contribution in [0.1, 0.15) is 36.6 Å². The first-order valence-corrected chi connectivity index (χ1v) is 7.73. The van der Waals surface area contributed by atoms with Gasteiger partial charge in [0.1, 0.15) is 0 Å². The Kier molecular flexibility index (Phi) is 3.91. The second-order valence-electron chi connectivity index (χ2n) is 5.18. The maximum atomic E-state index is 8.88. The zero-order valence-electron chi connectivity index (χ0n) is 10.9. The van der Waals surface area contributed by atoms with E-state index in [1.165, 1.54) is 35.0 Å². The van der Waals surface area contributed by atoms with Crippen LogP contribution in [-0.2, 0) is 6.42 Å². The number of H-pyrrole nitrogens is 1. The summed E-state index contributed by atoms with van der Waals surface area (Å²) < 4.78 is 1.14. The number of aliphatic hydroxyl groups excluding tert-OH is 1. The highest BCUT2D eigenvalue weighted by molar-refractivity contribution is 9.10. The molecule has 102 valence electrons. The summed E-state index contributed by atoms with van der Waals surface area (Å²) in [7, 11) is 0. The Bertz CT molecular complexity index is 579. The quantitative estimate of drug-likeness (QED) is 0.756. The van der Waals surface area contributed by atoms with Crippen LogP contribution in [-0.4, -0.2) is 23.2 Å². The number of aliphatic hydroxyl groups is 1. The molecule has 0 saturated heterocycles. The van der Waals surface area contributed by atoms with Gasteiger partial charge in [0.2, 0.25) is 0 Å². The van der Waals surface area contributed by atoms with Gasteiger partial charge in [0.25, 0.3) is 0 Å². The van der Waals surface area contributed by atoms with Gasteiger partial charge in [-0.3, -0.25) is 0 Å². The number of benzene rings is 1. The lowest BCUT2D eigenvalue weighted by atomic mass is 9.91. The number of fused-ring (bicyclic) bond motifs is 3. The van der Waals surface area contributed by atoms with Gasteiger partial charge < -0.3 is 15.4 Å². The number of rotatable bonds is 4. The molecule has 1 unspecified atom stereocenters. The van der Waals surface area contributed by atoms with Crippen molar-refractivity contribution < 1.29 is 5.11 Å². The highest BCUT2D eigenvalue weighted by Gasteiger charge is 2.23. The highest BCUT2D eigenvalue weighted by atomic mass is 79.9.